The van der Waals surface area contributed by atoms with E-state index in [1.165, 1.54) is 12.1 Å². The Labute approximate surface area is 167 Å². The molecule has 1 aromatic carbocycles. The van der Waals surface area contributed by atoms with Crippen LogP contribution >= 0.6 is 0 Å². The third-order valence-corrected chi connectivity index (χ3v) is 5.85. The highest BCUT2D eigenvalue weighted by Crippen LogP contribution is 2.24. The summed E-state index contributed by atoms with van der Waals surface area (Å²) in [5.74, 6) is -1.23. The Morgan fingerprint density at radius 3 is 2.69 bits per heavy atom. The number of ether oxygens (including phenoxy) is 2. The molecule has 1 N–H and O–H groups in total. The minimum atomic E-state index is -0.709. The van der Waals surface area contributed by atoms with Crippen LogP contribution in [0.15, 0.2) is 18.2 Å². The zero-order valence-electron chi connectivity index (χ0n) is 16.1. The maximum absolute atomic E-state index is 13.7. The highest BCUT2D eigenvalue weighted by atomic mass is 19.1. The standard InChI is InChI=1S/C20H25F2N3O4/c21-14-1-2-17(15(22)9-14)28-11-13-3-6-24(7-4-13)20(27)25-8-5-18-16(10-25)23-19(26)12-29-18/h1-2,9,13,16,18H,3-8,10-12H2,(H,23,26)/t16-,18+/m0/s1. The lowest BCUT2D eigenvalue weighted by Crippen LogP contribution is -2.62. The van der Waals surface area contributed by atoms with Gasteiger partial charge < -0.3 is 24.6 Å². The zero-order valence-corrected chi connectivity index (χ0v) is 16.1. The predicted molar refractivity (Wildman–Crippen MR) is 99.4 cm³/mol. The summed E-state index contributed by atoms with van der Waals surface area (Å²) in [5.41, 5.74) is 0. The fraction of sp³-hybridized carbons (Fsp3) is 0.600. The molecule has 3 saturated heterocycles. The average molecular weight is 409 g/mol. The molecule has 0 aromatic heterocycles. The molecule has 1 aromatic rings. The molecule has 4 rings (SSSR count). The molecule has 7 nitrogen and oxygen atoms in total. The van der Waals surface area contributed by atoms with Crippen LogP contribution in [0.2, 0.25) is 0 Å². The van der Waals surface area contributed by atoms with Gasteiger partial charge in [-0.2, -0.15) is 0 Å². The van der Waals surface area contributed by atoms with Gasteiger partial charge >= 0.3 is 6.03 Å². The van der Waals surface area contributed by atoms with Gasteiger partial charge in [-0.05, 0) is 37.3 Å². The summed E-state index contributed by atoms with van der Waals surface area (Å²) in [6, 6.07) is 3.10. The van der Waals surface area contributed by atoms with Crippen molar-refractivity contribution < 1.29 is 27.8 Å². The molecule has 158 valence electrons. The van der Waals surface area contributed by atoms with E-state index in [9.17, 15) is 18.4 Å². The largest absolute Gasteiger partial charge is 0.490 e. The van der Waals surface area contributed by atoms with Gasteiger partial charge in [0.25, 0.3) is 0 Å². The SMILES string of the molecule is O=C1CO[C@@H]2CCN(C(=O)N3CCC(COc4ccc(F)cc4F)CC3)C[C@@H]2N1. The van der Waals surface area contributed by atoms with Crippen molar-refractivity contribution in [2.45, 2.75) is 31.4 Å². The fourth-order valence-corrected chi connectivity index (χ4v) is 4.16. The number of piperidine rings is 2. The predicted octanol–water partition coefficient (Wildman–Crippen LogP) is 1.76. The van der Waals surface area contributed by atoms with Crippen LogP contribution in [0.1, 0.15) is 19.3 Å². The van der Waals surface area contributed by atoms with Crippen LogP contribution in [0.4, 0.5) is 13.6 Å². The Morgan fingerprint density at radius 2 is 1.93 bits per heavy atom. The molecule has 0 aliphatic carbocycles. The summed E-state index contributed by atoms with van der Waals surface area (Å²) in [4.78, 5) is 28.0. The number of benzene rings is 1. The van der Waals surface area contributed by atoms with Gasteiger partial charge in [-0.25, -0.2) is 13.6 Å². The molecule has 0 spiro atoms. The normalized spacial score (nSPS) is 25.4. The molecule has 3 amide bonds. The molecule has 0 radical (unpaired) electrons. The maximum atomic E-state index is 13.7. The second kappa shape index (κ2) is 8.52. The van der Waals surface area contributed by atoms with Crippen LogP contribution in [0.5, 0.6) is 5.75 Å². The summed E-state index contributed by atoms with van der Waals surface area (Å²) < 4.78 is 37.7. The van der Waals surface area contributed by atoms with Gasteiger partial charge in [-0.1, -0.05) is 0 Å². The minimum absolute atomic E-state index is 0.0211. The van der Waals surface area contributed by atoms with Gasteiger partial charge in [0, 0.05) is 32.2 Å². The van der Waals surface area contributed by atoms with E-state index in [1.54, 1.807) is 4.90 Å². The molecule has 0 saturated carbocycles. The number of hydrogen-bond acceptors (Lipinski definition) is 4. The van der Waals surface area contributed by atoms with Crippen molar-refractivity contribution in [3.05, 3.63) is 29.8 Å². The Hall–Kier alpha value is -2.42. The molecule has 3 heterocycles. The van der Waals surface area contributed by atoms with Crippen LogP contribution < -0.4 is 10.1 Å². The molecule has 3 aliphatic rings. The highest BCUT2D eigenvalue weighted by molar-refractivity contribution is 5.79. The van der Waals surface area contributed by atoms with E-state index < -0.39 is 11.6 Å². The second-order valence-electron chi connectivity index (χ2n) is 7.86. The third-order valence-electron chi connectivity index (χ3n) is 5.85. The molecule has 0 bridgehead atoms. The number of rotatable bonds is 3. The summed E-state index contributed by atoms with van der Waals surface area (Å²) in [6.07, 6.45) is 2.21. The summed E-state index contributed by atoms with van der Waals surface area (Å²) >= 11 is 0. The number of amides is 3. The summed E-state index contributed by atoms with van der Waals surface area (Å²) in [7, 11) is 0. The first-order valence-corrected chi connectivity index (χ1v) is 10.0. The van der Waals surface area contributed by atoms with Crippen LogP contribution in [0.25, 0.3) is 0 Å². The third kappa shape index (κ3) is 4.60. The highest BCUT2D eigenvalue weighted by Gasteiger charge is 2.38. The lowest BCUT2D eigenvalue weighted by molar-refractivity contribution is -0.139. The number of hydrogen-bond donors (Lipinski definition) is 1. The molecular formula is C20H25F2N3O4. The number of nitrogens with zero attached hydrogens (tertiary/aromatic N) is 2. The number of fused-ring (bicyclic) bond motifs is 1. The molecule has 9 heteroatoms. The lowest BCUT2D eigenvalue weighted by atomic mass is 9.97. The molecule has 2 atom stereocenters. The van der Waals surface area contributed by atoms with Gasteiger partial charge in [0.05, 0.1) is 18.8 Å². The van der Waals surface area contributed by atoms with Crippen molar-refractivity contribution in [3.63, 3.8) is 0 Å². The number of carbonyl (C=O) groups excluding carboxylic acids is 2. The Kier molecular flexibility index (Phi) is 5.84. The average Bonchev–Trinajstić information content (AvgIpc) is 2.72. The van der Waals surface area contributed by atoms with Crippen molar-refractivity contribution in [3.8, 4) is 5.75 Å². The van der Waals surface area contributed by atoms with Gasteiger partial charge in [-0.3, -0.25) is 4.79 Å². The van der Waals surface area contributed by atoms with Gasteiger partial charge in [0.2, 0.25) is 5.91 Å². The van der Waals surface area contributed by atoms with Crippen molar-refractivity contribution in [2.75, 3.05) is 39.4 Å². The monoisotopic (exact) mass is 409 g/mol. The van der Waals surface area contributed by atoms with Crippen LogP contribution in [0, 0.1) is 17.6 Å². The van der Waals surface area contributed by atoms with E-state index in [0.717, 1.165) is 18.9 Å². The van der Waals surface area contributed by atoms with Crippen LogP contribution in [-0.2, 0) is 9.53 Å². The number of halogens is 2. The Morgan fingerprint density at radius 1 is 1.17 bits per heavy atom. The van der Waals surface area contributed by atoms with Gasteiger partial charge in [0.15, 0.2) is 11.6 Å². The molecule has 29 heavy (non-hydrogen) atoms. The summed E-state index contributed by atoms with van der Waals surface area (Å²) in [5, 5.41) is 2.91. The number of urea groups is 1. The second-order valence-corrected chi connectivity index (χ2v) is 7.86. The van der Waals surface area contributed by atoms with E-state index in [2.05, 4.69) is 5.32 Å². The van der Waals surface area contributed by atoms with Crippen molar-refractivity contribution in [2.24, 2.45) is 5.92 Å². The zero-order chi connectivity index (χ0) is 20.4. The molecule has 3 aliphatic heterocycles. The fourth-order valence-electron chi connectivity index (χ4n) is 4.16. The van der Waals surface area contributed by atoms with Gasteiger partial charge in [0.1, 0.15) is 12.4 Å². The van der Waals surface area contributed by atoms with Crippen molar-refractivity contribution in [1.82, 2.24) is 15.1 Å². The molecular weight excluding hydrogens is 384 g/mol. The van der Waals surface area contributed by atoms with Crippen LogP contribution in [-0.4, -0.2) is 73.3 Å². The molecule has 3 fully saturated rings. The number of carbonyl (C=O) groups is 2. The minimum Gasteiger partial charge on any atom is -0.490 e. The molecule has 0 unspecified atom stereocenters. The number of nitrogens with one attached hydrogen (secondary N) is 1. The van der Waals surface area contributed by atoms with Crippen LogP contribution in [0.3, 0.4) is 0 Å². The maximum Gasteiger partial charge on any atom is 0.320 e. The van der Waals surface area contributed by atoms with E-state index >= 15 is 0 Å². The number of morpholine rings is 1. The quantitative estimate of drug-likeness (QED) is 0.826. The Bertz CT molecular complexity index is 770. The van der Waals surface area contributed by atoms with Crippen molar-refractivity contribution in [1.29, 1.82) is 0 Å². The van der Waals surface area contributed by atoms with E-state index in [1.807, 2.05) is 4.90 Å². The van der Waals surface area contributed by atoms with E-state index in [4.69, 9.17) is 9.47 Å². The van der Waals surface area contributed by atoms with E-state index in [-0.39, 0.29) is 42.4 Å². The first-order valence-electron chi connectivity index (χ1n) is 10.0. The number of likely N-dealkylation sites (tertiary alicyclic amines) is 2. The van der Waals surface area contributed by atoms with Crippen molar-refractivity contribution >= 4 is 11.9 Å². The first kappa shape index (κ1) is 19.9. The smallest absolute Gasteiger partial charge is 0.320 e. The first-order chi connectivity index (χ1) is 14.0. The lowest BCUT2D eigenvalue weighted by Gasteiger charge is -2.43. The Balaban J connectivity index is 1.24. The van der Waals surface area contributed by atoms with Gasteiger partial charge in [-0.15, -0.1) is 0 Å². The summed E-state index contributed by atoms with van der Waals surface area (Å²) in [6.45, 7) is 2.71. The van der Waals surface area contributed by atoms with E-state index in [0.29, 0.717) is 39.2 Å². The topological polar surface area (TPSA) is 71.1 Å².